The zero-order chi connectivity index (χ0) is 16.6. The Balaban J connectivity index is 1.81. The lowest BCUT2D eigenvalue weighted by molar-refractivity contribution is 1.09. The van der Waals surface area contributed by atoms with Crippen LogP contribution in [0.25, 0.3) is 22.1 Å². The molecular formula is C20H15BN4. The molecule has 0 radical (unpaired) electrons. The fourth-order valence-corrected chi connectivity index (χ4v) is 3.45. The number of hydrogen-bond acceptors (Lipinski definition) is 2. The molecule has 0 aliphatic carbocycles. The SMILES string of the molecule is c1ccc(B(n2ccc3cccnc32)n2ccc3cccnc32)cc1. The van der Waals surface area contributed by atoms with E-state index in [9.17, 15) is 0 Å². The quantitative estimate of drug-likeness (QED) is 0.478. The molecule has 0 fully saturated rings. The van der Waals surface area contributed by atoms with Crippen LogP contribution in [0, 0.1) is 0 Å². The highest BCUT2D eigenvalue weighted by atomic mass is 15.1. The van der Waals surface area contributed by atoms with Crippen molar-refractivity contribution in [2.45, 2.75) is 0 Å². The van der Waals surface area contributed by atoms with Gasteiger partial charge in [0.1, 0.15) is 11.3 Å². The second kappa shape index (κ2) is 5.63. The summed E-state index contributed by atoms with van der Waals surface area (Å²) in [5.41, 5.74) is 3.12. The molecule has 0 unspecified atom stereocenters. The Kier molecular flexibility index (Phi) is 3.16. The van der Waals surface area contributed by atoms with E-state index < -0.39 is 0 Å². The van der Waals surface area contributed by atoms with Crippen molar-refractivity contribution in [2.24, 2.45) is 0 Å². The van der Waals surface area contributed by atoms with Gasteiger partial charge in [-0.3, -0.25) is 0 Å². The minimum absolute atomic E-state index is 0.0407. The molecule has 5 rings (SSSR count). The molecule has 0 bridgehead atoms. The summed E-state index contributed by atoms with van der Waals surface area (Å²) < 4.78 is 4.41. The zero-order valence-corrected chi connectivity index (χ0v) is 13.5. The number of hydrogen-bond donors (Lipinski definition) is 0. The lowest BCUT2D eigenvalue weighted by atomic mass is 9.67. The van der Waals surface area contributed by atoms with Gasteiger partial charge >= 0.3 is 6.98 Å². The average molecular weight is 322 g/mol. The van der Waals surface area contributed by atoms with Crippen LogP contribution >= 0.6 is 0 Å². The Bertz CT molecular complexity index is 1090. The van der Waals surface area contributed by atoms with Gasteiger partial charge in [-0.25, -0.2) is 9.97 Å². The molecule has 4 heterocycles. The van der Waals surface area contributed by atoms with Crippen molar-refractivity contribution in [2.75, 3.05) is 0 Å². The lowest BCUT2D eigenvalue weighted by Gasteiger charge is -2.18. The van der Waals surface area contributed by atoms with Gasteiger partial charge in [0.05, 0.1) is 0 Å². The van der Waals surface area contributed by atoms with Crippen LogP contribution in [0.3, 0.4) is 0 Å². The van der Waals surface area contributed by atoms with Gasteiger partial charge in [-0.1, -0.05) is 30.3 Å². The Hall–Kier alpha value is -3.34. The molecule has 0 aliphatic heterocycles. The van der Waals surface area contributed by atoms with Crippen LogP contribution in [-0.4, -0.2) is 25.9 Å². The number of nitrogens with zero attached hydrogens (tertiary/aromatic N) is 4. The van der Waals surface area contributed by atoms with E-state index in [1.165, 1.54) is 5.46 Å². The molecule has 0 spiro atoms. The van der Waals surface area contributed by atoms with Gasteiger partial charge in [-0.2, -0.15) is 0 Å². The summed E-state index contributed by atoms with van der Waals surface area (Å²) in [7, 11) is 0. The second-order valence-corrected chi connectivity index (χ2v) is 6.06. The molecule has 118 valence electrons. The fourth-order valence-electron chi connectivity index (χ4n) is 3.45. The Morgan fingerprint density at radius 3 is 1.72 bits per heavy atom. The highest BCUT2D eigenvalue weighted by Crippen LogP contribution is 2.18. The van der Waals surface area contributed by atoms with Crippen molar-refractivity contribution < 1.29 is 0 Å². The largest absolute Gasteiger partial charge is 0.422 e. The molecule has 0 saturated carbocycles. The molecule has 25 heavy (non-hydrogen) atoms. The Morgan fingerprint density at radius 1 is 0.600 bits per heavy atom. The fraction of sp³-hybridized carbons (Fsp3) is 0. The number of benzene rings is 1. The normalized spacial score (nSPS) is 11.2. The summed E-state index contributed by atoms with van der Waals surface area (Å²) in [5.74, 6) is 0. The minimum Gasteiger partial charge on any atom is -0.352 e. The molecule has 0 amide bonds. The van der Waals surface area contributed by atoms with E-state index in [1.54, 1.807) is 0 Å². The standard InChI is InChI=1S/C20H15BN4/c1-2-8-18(9-3-1)21(24-14-10-16-6-4-12-22-19(16)24)25-15-11-17-7-5-13-23-20(17)25/h1-15H. The van der Waals surface area contributed by atoms with Gasteiger partial charge in [0, 0.05) is 23.2 Å². The summed E-state index contributed by atoms with van der Waals surface area (Å²) in [4.78, 5) is 9.21. The summed E-state index contributed by atoms with van der Waals surface area (Å²) >= 11 is 0. The third kappa shape index (κ3) is 2.24. The number of rotatable bonds is 3. The number of pyridine rings is 2. The minimum atomic E-state index is -0.0407. The first-order valence-corrected chi connectivity index (χ1v) is 8.30. The van der Waals surface area contributed by atoms with Crippen molar-refractivity contribution in [1.82, 2.24) is 18.9 Å². The molecule has 0 aliphatic rings. The van der Waals surface area contributed by atoms with Crippen LogP contribution in [0.1, 0.15) is 0 Å². The van der Waals surface area contributed by atoms with Gasteiger partial charge in [0.25, 0.3) is 0 Å². The Labute approximate surface area is 145 Å². The van der Waals surface area contributed by atoms with E-state index in [0.29, 0.717) is 0 Å². The lowest BCUT2D eigenvalue weighted by Crippen LogP contribution is -2.44. The number of fused-ring (bicyclic) bond motifs is 2. The van der Waals surface area contributed by atoms with Crippen molar-refractivity contribution in [3.8, 4) is 0 Å². The Morgan fingerprint density at radius 2 is 1.16 bits per heavy atom. The highest BCUT2D eigenvalue weighted by Gasteiger charge is 2.26. The van der Waals surface area contributed by atoms with Crippen LogP contribution in [0.2, 0.25) is 0 Å². The predicted octanol–water partition coefficient (Wildman–Crippen LogP) is 3.18. The predicted molar refractivity (Wildman–Crippen MR) is 102 cm³/mol. The first-order chi connectivity index (χ1) is 12.4. The van der Waals surface area contributed by atoms with Crippen molar-refractivity contribution in [3.05, 3.63) is 91.5 Å². The number of aromatic nitrogens is 4. The van der Waals surface area contributed by atoms with E-state index in [0.717, 1.165) is 22.1 Å². The third-order valence-corrected chi connectivity index (χ3v) is 4.58. The van der Waals surface area contributed by atoms with Gasteiger partial charge in [0.2, 0.25) is 0 Å². The maximum absolute atomic E-state index is 4.61. The zero-order valence-electron chi connectivity index (χ0n) is 13.5. The first-order valence-electron chi connectivity index (χ1n) is 8.30. The molecule has 0 N–H and O–H groups in total. The van der Waals surface area contributed by atoms with Gasteiger partial charge in [0.15, 0.2) is 0 Å². The summed E-state index contributed by atoms with van der Waals surface area (Å²) in [6, 6.07) is 22.8. The van der Waals surface area contributed by atoms with Gasteiger partial charge < -0.3 is 8.96 Å². The van der Waals surface area contributed by atoms with Gasteiger partial charge in [-0.05, 0) is 54.3 Å². The molecule has 5 aromatic rings. The van der Waals surface area contributed by atoms with Crippen molar-refractivity contribution in [3.63, 3.8) is 0 Å². The summed E-state index contributed by atoms with van der Waals surface area (Å²) in [6.07, 6.45) is 7.88. The molecule has 4 aromatic heterocycles. The topological polar surface area (TPSA) is 35.6 Å². The van der Waals surface area contributed by atoms with E-state index in [2.05, 4.69) is 79.8 Å². The van der Waals surface area contributed by atoms with E-state index in [-0.39, 0.29) is 6.98 Å². The smallest absolute Gasteiger partial charge is 0.352 e. The summed E-state index contributed by atoms with van der Waals surface area (Å²) in [5, 5.41) is 2.26. The first kappa shape index (κ1) is 14.0. The maximum Gasteiger partial charge on any atom is 0.422 e. The van der Waals surface area contributed by atoms with E-state index >= 15 is 0 Å². The molecule has 1 aromatic carbocycles. The summed E-state index contributed by atoms with van der Waals surface area (Å²) in [6.45, 7) is -0.0407. The van der Waals surface area contributed by atoms with Gasteiger partial charge in [-0.15, -0.1) is 0 Å². The van der Waals surface area contributed by atoms with Crippen molar-refractivity contribution >= 4 is 34.5 Å². The van der Waals surface area contributed by atoms with Crippen LogP contribution in [0.5, 0.6) is 0 Å². The molecule has 4 nitrogen and oxygen atoms in total. The van der Waals surface area contributed by atoms with E-state index in [4.69, 9.17) is 0 Å². The second-order valence-electron chi connectivity index (χ2n) is 6.06. The monoisotopic (exact) mass is 322 g/mol. The molecule has 0 saturated heterocycles. The van der Waals surface area contributed by atoms with Crippen molar-refractivity contribution in [1.29, 1.82) is 0 Å². The maximum atomic E-state index is 4.61. The highest BCUT2D eigenvalue weighted by molar-refractivity contribution is 6.71. The molecule has 5 heteroatoms. The average Bonchev–Trinajstić information content (AvgIpc) is 3.29. The molecular weight excluding hydrogens is 307 g/mol. The molecule has 0 atom stereocenters. The van der Waals surface area contributed by atoms with Crippen LogP contribution in [-0.2, 0) is 0 Å². The van der Waals surface area contributed by atoms with E-state index in [1.807, 2.05) is 30.6 Å². The van der Waals surface area contributed by atoms with Crippen LogP contribution < -0.4 is 5.46 Å². The third-order valence-electron chi connectivity index (χ3n) is 4.58. The van der Waals surface area contributed by atoms with Crippen LogP contribution in [0.4, 0.5) is 0 Å². The van der Waals surface area contributed by atoms with Crippen LogP contribution in [0.15, 0.2) is 91.5 Å².